The van der Waals surface area contributed by atoms with E-state index in [1.54, 1.807) is 12.3 Å². The molecule has 0 amide bonds. The summed E-state index contributed by atoms with van der Waals surface area (Å²) >= 11 is 17.7. The number of pyridine rings is 1. The number of H-pyrrole nitrogens is 1. The third-order valence-electron chi connectivity index (χ3n) is 3.62. The number of imidazole rings is 1. The standard InChI is InChI=1S/C15H13Cl2N3S/c1-8-5-6-18-14-13(8)19-15(21)20(14)9(2)11-4-3-10(16)7-12(11)17/h3-7,9H,1-2H3,(H,19,21). The predicted octanol–water partition coefficient (Wildman–Crippen LogP) is 5.32. The van der Waals surface area contributed by atoms with Gasteiger partial charge in [0.05, 0.1) is 11.6 Å². The molecular formula is C15H13Cl2N3S. The van der Waals surface area contributed by atoms with Gasteiger partial charge in [-0.05, 0) is 55.4 Å². The molecule has 108 valence electrons. The Kier molecular flexibility index (Phi) is 3.78. The molecule has 3 nitrogen and oxygen atoms in total. The molecule has 2 heterocycles. The van der Waals surface area contributed by atoms with E-state index in [9.17, 15) is 0 Å². The molecule has 6 heteroatoms. The van der Waals surface area contributed by atoms with Gasteiger partial charge >= 0.3 is 0 Å². The van der Waals surface area contributed by atoms with Crippen LogP contribution in [0.5, 0.6) is 0 Å². The lowest BCUT2D eigenvalue weighted by Crippen LogP contribution is -2.08. The van der Waals surface area contributed by atoms with E-state index in [0.29, 0.717) is 14.8 Å². The van der Waals surface area contributed by atoms with E-state index in [0.717, 1.165) is 22.3 Å². The van der Waals surface area contributed by atoms with Crippen molar-refractivity contribution in [2.45, 2.75) is 19.9 Å². The van der Waals surface area contributed by atoms with Gasteiger partial charge in [0.25, 0.3) is 0 Å². The third kappa shape index (κ3) is 2.48. The van der Waals surface area contributed by atoms with Gasteiger partial charge in [0.2, 0.25) is 0 Å². The Hall–Kier alpha value is -1.36. The number of aryl methyl sites for hydroxylation is 1. The Morgan fingerprint density at radius 3 is 2.76 bits per heavy atom. The fraction of sp³-hybridized carbons (Fsp3) is 0.200. The minimum atomic E-state index is -0.0367. The fourth-order valence-corrected chi connectivity index (χ4v) is 3.40. The first-order valence-electron chi connectivity index (χ1n) is 6.50. The zero-order valence-corrected chi connectivity index (χ0v) is 13.9. The Balaban J connectivity index is 2.22. The topological polar surface area (TPSA) is 33.6 Å². The summed E-state index contributed by atoms with van der Waals surface area (Å²) < 4.78 is 2.61. The maximum Gasteiger partial charge on any atom is 0.179 e. The van der Waals surface area contributed by atoms with Gasteiger partial charge in [-0.1, -0.05) is 29.3 Å². The average Bonchev–Trinajstić information content (AvgIpc) is 2.76. The number of aromatic nitrogens is 3. The molecule has 1 unspecified atom stereocenters. The highest BCUT2D eigenvalue weighted by molar-refractivity contribution is 7.71. The largest absolute Gasteiger partial charge is 0.329 e. The number of hydrogen-bond acceptors (Lipinski definition) is 2. The van der Waals surface area contributed by atoms with Crippen LogP contribution in [0.1, 0.15) is 24.1 Å². The van der Waals surface area contributed by atoms with E-state index in [-0.39, 0.29) is 6.04 Å². The summed E-state index contributed by atoms with van der Waals surface area (Å²) in [5.74, 6) is 0. The van der Waals surface area contributed by atoms with Crippen molar-refractivity contribution in [1.82, 2.24) is 14.5 Å². The van der Waals surface area contributed by atoms with Gasteiger partial charge in [-0.2, -0.15) is 0 Å². The Morgan fingerprint density at radius 2 is 2.05 bits per heavy atom. The van der Waals surface area contributed by atoms with Crippen LogP contribution in [-0.4, -0.2) is 14.5 Å². The summed E-state index contributed by atoms with van der Waals surface area (Å²) in [5, 5.41) is 1.24. The normalized spacial score (nSPS) is 12.8. The summed E-state index contributed by atoms with van der Waals surface area (Å²) in [6.07, 6.45) is 1.78. The number of benzene rings is 1. The molecule has 0 fully saturated rings. The molecular weight excluding hydrogens is 325 g/mol. The monoisotopic (exact) mass is 337 g/mol. The predicted molar refractivity (Wildman–Crippen MR) is 89.9 cm³/mol. The number of fused-ring (bicyclic) bond motifs is 1. The van der Waals surface area contributed by atoms with Gasteiger partial charge in [0.1, 0.15) is 0 Å². The lowest BCUT2D eigenvalue weighted by molar-refractivity contribution is 0.644. The highest BCUT2D eigenvalue weighted by Gasteiger charge is 2.17. The van der Waals surface area contributed by atoms with Crippen molar-refractivity contribution in [3.8, 4) is 0 Å². The van der Waals surface area contributed by atoms with Crippen LogP contribution in [-0.2, 0) is 0 Å². The molecule has 1 atom stereocenters. The van der Waals surface area contributed by atoms with E-state index >= 15 is 0 Å². The van der Waals surface area contributed by atoms with Crippen molar-refractivity contribution in [3.05, 3.63) is 56.4 Å². The first-order chi connectivity index (χ1) is 9.99. The van der Waals surface area contributed by atoms with Gasteiger partial charge in [-0.3, -0.25) is 4.57 Å². The number of nitrogens with zero attached hydrogens (tertiary/aromatic N) is 2. The number of rotatable bonds is 2. The molecule has 0 saturated carbocycles. The number of halogens is 2. The summed E-state index contributed by atoms with van der Waals surface area (Å²) in [6.45, 7) is 4.07. The molecule has 1 N–H and O–H groups in total. The van der Waals surface area contributed by atoms with Crippen LogP contribution in [0.2, 0.25) is 10.0 Å². The van der Waals surface area contributed by atoms with Gasteiger partial charge in [0.15, 0.2) is 10.4 Å². The SMILES string of the molecule is Cc1ccnc2c1[nH]c(=S)n2C(C)c1ccc(Cl)cc1Cl. The zero-order chi connectivity index (χ0) is 15.1. The fourth-order valence-electron chi connectivity index (χ4n) is 2.48. The second-order valence-electron chi connectivity index (χ2n) is 4.97. The molecule has 0 saturated heterocycles. The molecule has 1 aromatic carbocycles. The minimum Gasteiger partial charge on any atom is -0.329 e. The number of nitrogens with one attached hydrogen (secondary N) is 1. The van der Waals surface area contributed by atoms with Crippen LogP contribution in [0.25, 0.3) is 11.2 Å². The van der Waals surface area contributed by atoms with Crippen molar-refractivity contribution < 1.29 is 0 Å². The second kappa shape index (κ2) is 5.44. The van der Waals surface area contributed by atoms with Gasteiger partial charge in [-0.15, -0.1) is 0 Å². The van der Waals surface area contributed by atoms with E-state index in [1.807, 2.05) is 36.6 Å². The molecule has 0 spiro atoms. The number of hydrogen-bond donors (Lipinski definition) is 1. The Labute approximate surface area is 137 Å². The van der Waals surface area contributed by atoms with Gasteiger partial charge < -0.3 is 4.98 Å². The summed E-state index contributed by atoms with van der Waals surface area (Å²) in [7, 11) is 0. The Bertz CT molecular complexity index is 882. The molecule has 3 rings (SSSR count). The molecule has 0 bridgehead atoms. The van der Waals surface area contributed by atoms with E-state index in [1.165, 1.54) is 0 Å². The molecule has 0 aliphatic carbocycles. The van der Waals surface area contributed by atoms with Crippen molar-refractivity contribution in [2.24, 2.45) is 0 Å². The quantitative estimate of drug-likeness (QED) is 0.642. The molecule has 3 aromatic rings. The summed E-state index contributed by atoms with van der Waals surface area (Å²) in [5.41, 5.74) is 3.86. The van der Waals surface area contributed by atoms with Crippen LogP contribution in [0.3, 0.4) is 0 Å². The highest BCUT2D eigenvalue weighted by atomic mass is 35.5. The molecule has 0 aliphatic heterocycles. The lowest BCUT2D eigenvalue weighted by atomic mass is 10.1. The Morgan fingerprint density at radius 1 is 1.29 bits per heavy atom. The molecule has 2 aromatic heterocycles. The summed E-state index contributed by atoms with van der Waals surface area (Å²) in [6, 6.07) is 7.41. The zero-order valence-electron chi connectivity index (χ0n) is 11.5. The number of aromatic amines is 1. The van der Waals surface area contributed by atoms with Crippen LogP contribution in [0.4, 0.5) is 0 Å². The maximum atomic E-state index is 6.31. The summed E-state index contributed by atoms with van der Waals surface area (Å²) in [4.78, 5) is 7.68. The average molecular weight is 338 g/mol. The van der Waals surface area contributed by atoms with Gasteiger partial charge in [0, 0.05) is 16.2 Å². The van der Waals surface area contributed by atoms with Gasteiger partial charge in [-0.25, -0.2) is 4.98 Å². The first kappa shape index (κ1) is 14.6. The molecule has 21 heavy (non-hydrogen) atoms. The highest BCUT2D eigenvalue weighted by Crippen LogP contribution is 2.31. The van der Waals surface area contributed by atoms with Crippen molar-refractivity contribution in [1.29, 1.82) is 0 Å². The maximum absolute atomic E-state index is 6.31. The third-order valence-corrected chi connectivity index (χ3v) is 4.48. The van der Waals surface area contributed by atoms with Crippen LogP contribution >= 0.6 is 35.4 Å². The second-order valence-corrected chi connectivity index (χ2v) is 6.20. The van der Waals surface area contributed by atoms with Crippen molar-refractivity contribution in [3.63, 3.8) is 0 Å². The molecule has 0 aliphatic rings. The van der Waals surface area contributed by atoms with Crippen molar-refractivity contribution >= 4 is 46.6 Å². The first-order valence-corrected chi connectivity index (χ1v) is 7.66. The molecule has 0 radical (unpaired) electrons. The van der Waals surface area contributed by atoms with Crippen LogP contribution in [0, 0.1) is 11.7 Å². The minimum absolute atomic E-state index is 0.0367. The van der Waals surface area contributed by atoms with Crippen LogP contribution in [0.15, 0.2) is 30.5 Å². The lowest BCUT2D eigenvalue weighted by Gasteiger charge is -2.16. The van der Waals surface area contributed by atoms with E-state index < -0.39 is 0 Å². The van der Waals surface area contributed by atoms with Crippen molar-refractivity contribution in [2.75, 3.05) is 0 Å². The van der Waals surface area contributed by atoms with E-state index in [4.69, 9.17) is 35.4 Å². The van der Waals surface area contributed by atoms with Crippen LogP contribution < -0.4 is 0 Å². The van der Waals surface area contributed by atoms with E-state index in [2.05, 4.69) is 9.97 Å². The smallest absolute Gasteiger partial charge is 0.179 e.